The Kier molecular flexibility index (Phi) is 10.0. The Bertz CT molecular complexity index is 1140. The maximum atomic E-state index is 14.1. The van der Waals surface area contributed by atoms with Crippen molar-refractivity contribution in [3.05, 3.63) is 107 Å². The van der Waals surface area contributed by atoms with E-state index in [1.54, 1.807) is 32.0 Å². The lowest BCUT2D eigenvalue weighted by atomic mass is 9.89. The Morgan fingerprint density at radius 2 is 1.46 bits per heavy atom. The van der Waals surface area contributed by atoms with Crippen LogP contribution in [0.5, 0.6) is 0 Å². The molecule has 194 valence electrons. The zero-order valence-electron chi connectivity index (χ0n) is 21.8. The first kappa shape index (κ1) is 27.7. The number of hydrogen-bond acceptors (Lipinski definition) is 3. The van der Waals surface area contributed by atoms with Gasteiger partial charge in [0.2, 0.25) is 5.91 Å². The van der Waals surface area contributed by atoms with Crippen molar-refractivity contribution in [3.63, 3.8) is 0 Å². The maximum Gasteiger partial charge on any atom is 0.326 e. The molecule has 37 heavy (non-hydrogen) atoms. The summed E-state index contributed by atoms with van der Waals surface area (Å²) in [6, 6.07) is 25.6. The first-order chi connectivity index (χ1) is 17.8. The van der Waals surface area contributed by atoms with E-state index in [9.17, 15) is 19.5 Å². The topological polar surface area (TPSA) is 86.7 Å². The van der Waals surface area contributed by atoms with Gasteiger partial charge in [-0.1, -0.05) is 100.0 Å². The fraction of sp³-hybridized carbons (Fsp3) is 0.323. The molecule has 0 spiro atoms. The molecule has 6 heteroatoms. The molecule has 3 aromatic rings. The van der Waals surface area contributed by atoms with Gasteiger partial charge in [0.15, 0.2) is 0 Å². The Morgan fingerprint density at radius 3 is 1.97 bits per heavy atom. The van der Waals surface area contributed by atoms with Gasteiger partial charge in [-0.2, -0.15) is 0 Å². The van der Waals surface area contributed by atoms with E-state index in [2.05, 4.69) is 12.2 Å². The van der Waals surface area contributed by atoms with E-state index in [1.807, 2.05) is 71.6 Å². The van der Waals surface area contributed by atoms with E-state index in [1.165, 1.54) is 0 Å². The average Bonchev–Trinajstić information content (AvgIpc) is 2.90. The highest BCUT2D eigenvalue weighted by Crippen LogP contribution is 2.28. The van der Waals surface area contributed by atoms with Crippen LogP contribution < -0.4 is 5.32 Å². The molecule has 0 saturated carbocycles. The first-order valence-corrected chi connectivity index (χ1v) is 12.8. The molecule has 1 atom stereocenters. The number of nitrogens with one attached hydrogen (secondary N) is 1. The van der Waals surface area contributed by atoms with E-state index in [0.717, 1.165) is 29.5 Å². The van der Waals surface area contributed by atoms with Gasteiger partial charge in [-0.15, -0.1) is 0 Å². The van der Waals surface area contributed by atoms with Crippen molar-refractivity contribution < 1.29 is 19.5 Å². The summed E-state index contributed by atoms with van der Waals surface area (Å²) in [4.78, 5) is 40.3. The van der Waals surface area contributed by atoms with Crippen LogP contribution in [-0.2, 0) is 16.1 Å². The number of carbonyl (C=O) groups is 3. The van der Waals surface area contributed by atoms with Crippen molar-refractivity contribution >= 4 is 17.8 Å². The lowest BCUT2D eigenvalue weighted by Gasteiger charge is -2.28. The summed E-state index contributed by atoms with van der Waals surface area (Å²) in [5.41, 5.74) is 3.05. The number of unbranched alkanes of at least 4 members (excludes halogenated alkanes) is 1. The largest absolute Gasteiger partial charge is 0.480 e. The summed E-state index contributed by atoms with van der Waals surface area (Å²) in [5, 5.41) is 12.0. The van der Waals surface area contributed by atoms with Gasteiger partial charge < -0.3 is 15.3 Å². The molecular formula is C31H36N2O4. The van der Waals surface area contributed by atoms with Gasteiger partial charge in [-0.3, -0.25) is 9.59 Å². The first-order valence-electron chi connectivity index (χ1n) is 12.8. The number of aliphatic carboxylic acids is 1. The lowest BCUT2D eigenvalue weighted by Crippen LogP contribution is -2.44. The Morgan fingerprint density at radius 1 is 0.865 bits per heavy atom. The van der Waals surface area contributed by atoms with Gasteiger partial charge in [-0.05, 0) is 41.2 Å². The molecule has 0 bridgehead atoms. The third-order valence-corrected chi connectivity index (χ3v) is 6.39. The van der Waals surface area contributed by atoms with Gasteiger partial charge in [-0.25, -0.2) is 4.79 Å². The number of amides is 2. The summed E-state index contributed by atoms with van der Waals surface area (Å²) in [6.45, 7) is 6.54. The van der Waals surface area contributed by atoms with Crippen molar-refractivity contribution in [2.75, 3.05) is 6.54 Å². The second kappa shape index (κ2) is 13.4. The molecule has 0 radical (unpaired) electrons. The average molecular weight is 501 g/mol. The van der Waals surface area contributed by atoms with Crippen LogP contribution in [0, 0.1) is 5.92 Å². The predicted molar refractivity (Wildman–Crippen MR) is 145 cm³/mol. The highest BCUT2D eigenvalue weighted by molar-refractivity contribution is 5.96. The van der Waals surface area contributed by atoms with E-state index < -0.39 is 23.8 Å². The number of carboxylic acid groups (broad SMARTS) is 1. The van der Waals surface area contributed by atoms with Gasteiger partial charge in [0, 0.05) is 18.7 Å². The highest BCUT2D eigenvalue weighted by Gasteiger charge is 2.28. The van der Waals surface area contributed by atoms with E-state index in [4.69, 9.17) is 0 Å². The smallest absolute Gasteiger partial charge is 0.326 e. The fourth-order valence-corrected chi connectivity index (χ4v) is 4.34. The third kappa shape index (κ3) is 7.53. The van der Waals surface area contributed by atoms with Crippen molar-refractivity contribution in [1.29, 1.82) is 0 Å². The molecule has 3 rings (SSSR count). The van der Waals surface area contributed by atoms with Crippen molar-refractivity contribution in [3.8, 4) is 0 Å². The molecule has 0 fully saturated rings. The summed E-state index contributed by atoms with van der Waals surface area (Å²) >= 11 is 0. The zero-order chi connectivity index (χ0) is 26.8. The molecule has 2 amide bonds. The highest BCUT2D eigenvalue weighted by atomic mass is 16.4. The molecule has 6 nitrogen and oxygen atoms in total. The van der Waals surface area contributed by atoms with Gasteiger partial charge in [0.25, 0.3) is 5.91 Å². The minimum Gasteiger partial charge on any atom is -0.480 e. The van der Waals surface area contributed by atoms with Crippen LogP contribution in [0.15, 0.2) is 84.9 Å². The minimum absolute atomic E-state index is 0.00598. The third-order valence-electron chi connectivity index (χ3n) is 6.39. The second-order valence-corrected chi connectivity index (χ2v) is 9.60. The number of benzene rings is 3. The van der Waals surface area contributed by atoms with Gasteiger partial charge in [0.1, 0.15) is 6.04 Å². The Labute approximate surface area is 219 Å². The molecule has 2 N–H and O–H groups in total. The van der Waals surface area contributed by atoms with Crippen molar-refractivity contribution in [2.45, 2.75) is 52.1 Å². The predicted octanol–water partition coefficient (Wildman–Crippen LogP) is 5.49. The van der Waals surface area contributed by atoms with E-state index in [-0.39, 0.29) is 11.8 Å². The lowest BCUT2D eigenvalue weighted by molar-refractivity contribution is -0.140. The number of hydrogen-bond donors (Lipinski definition) is 2. The summed E-state index contributed by atoms with van der Waals surface area (Å²) in [7, 11) is 0. The number of nitrogens with zero attached hydrogens (tertiary/aromatic N) is 1. The van der Waals surface area contributed by atoms with Gasteiger partial charge in [0.05, 0.1) is 5.92 Å². The number of carboxylic acids is 1. The quantitative estimate of drug-likeness (QED) is 0.344. The maximum absolute atomic E-state index is 14.1. The zero-order valence-corrected chi connectivity index (χ0v) is 21.8. The summed E-state index contributed by atoms with van der Waals surface area (Å²) in [5.74, 6) is -2.19. The number of rotatable bonds is 12. The van der Waals surface area contributed by atoms with Crippen LogP contribution in [0.25, 0.3) is 0 Å². The van der Waals surface area contributed by atoms with Crippen LogP contribution in [0.4, 0.5) is 0 Å². The van der Waals surface area contributed by atoms with Crippen molar-refractivity contribution in [1.82, 2.24) is 10.2 Å². The minimum atomic E-state index is -1.07. The molecule has 0 aliphatic heterocycles. The molecule has 3 aromatic carbocycles. The van der Waals surface area contributed by atoms with Gasteiger partial charge >= 0.3 is 5.97 Å². The molecule has 0 heterocycles. The van der Waals surface area contributed by atoms with Crippen LogP contribution in [0.3, 0.4) is 0 Å². The Balaban J connectivity index is 1.88. The van der Waals surface area contributed by atoms with Crippen molar-refractivity contribution in [2.24, 2.45) is 5.92 Å². The standard InChI is InChI=1S/C31H36N2O4/c1-4-5-19-33(30(35)27(24-14-8-6-9-15-24)25-16-10-7-11-17-25)21-23-13-12-18-26(20-23)29(34)32-28(22(2)3)31(36)37/h6-18,20,22,27-28H,4-5,19,21H2,1-3H3,(H,32,34)(H,36,37)/t28-/m0/s1. The molecule has 0 aliphatic rings. The molecule has 0 aliphatic carbocycles. The van der Waals surface area contributed by atoms with E-state index in [0.29, 0.717) is 18.7 Å². The monoisotopic (exact) mass is 500 g/mol. The van der Waals surface area contributed by atoms with E-state index >= 15 is 0 Å². The van der Waals surface area contributed by atoms with Crippen LogP contribution >= 0.6 is 0 Å². The molecule has 0 aromatic heterocycles. The summed E-state index contributed by atoms with van der Waals surface area (Å²) in [6.07, 6.45) is 1.80. The van der Waals surface area contributed by atoms with Crippen LogP contribution in [0.1, 0.15) is 66.6 Å². The molecular weight excluding hydrogens is 464 g/mol. The fourth-order valence-electron chi connectivity index (χ4n) is 4.34. The molecule has 0 unspecified atom stereocenters. The second-order valence-electron chi connectivity index (χ2n) is 9.60. The summed E-state index contributed by atoms with van der Waals surface area (Å²) < 4.78 is 0. The normalized spacial score (nSPS) is 11.8. The Hall–Kier alpha value is -3.93. The van der Waals surface area contributed by atoms with Crippen LogP contribution in [0.2, 0.25) is 0 Å². The van der Waals surface area contributed by atoms with Crippen LogP contribution in [-0.4, -0.2) is 40.4 Å². The SMILES string of the molecule is CCCCN(Cc1cccc(C(=O)N[C@H](C(=O)O)C(C)C)c1)C(=O)C(c1ccccc1)c1ccccc1. The molecule has 0 saturated heterocycles. The number of carbonyl (C=O) groups excluding carboxylic acids is 2.